The Balaban J connectivity index is 3.26. The molecule has 0 spiro atoms. The molecule has 0 amide bonds. The van der Waals surface area contributed by atoms with E-state index in [4.69, 9.17) is 0 Å². The number of rotatable bonds is 0. The highest BCUT2D eigenvalue weighted by Gasteiger charge is 2.33. The second kappa shape index (κ2) is 3.20. The number of alkyl halides is 3. The van der Waals surface area contributed by atoms with Crippen LogP contribution < -0.4 is 0 Å². The topological polar surface area (TPSA) is 12.9 Å². The molecule has 1 aromatic heterocycles. The lowest BCUT2D eigenvalue weighted by Crippen LogP contribution is -2.08. The van der Waals surface area contributed by atoms with E-state index in [2.05, 4.69) is 4.98 Å². The molecular formula is C7H5F3IN. The Hall–Kier alpha value is -0.330. The predicted octanol–water partition coefficient (Wildman–Crippen LogP) is 3.01. The summed E-state index contributed by atoms with van der Waals surface area (Å²) in [6.07, 6.45) is -2.04. The first-order valence-electron chi connectivity index (χ1n) is 3.10. The maximum atomic E-state index is 12.2. The van der Waals surface area contributed by atoms with E-state index in [1.807, 2.05) is 22.6 Å². The van der Waals surface area contributed by atoms with E-state index in [-0.39, 0.29) is 5.56 Å². The van der Waals surface area contributed by atoms with E-state index < -0.39 is 11.7 Å². The summed E-state index contributed by atoms with van der Waals surface area (Å²) >= 11 is 1.83. The fourth-order valence-corrected chi connectivity index (χ4v) is 1.24. The highest BCUT2D eigenvalue weighted by atomic mass is 127. The molecule has 0 aliphatic heterocycles. The molecule has 0 saturated heterocycles. The van der Waals surface area contributed by atoms with Gasteiger partial charge in [-0.3, -0.25) is 4.98 Å². The molecule has 0 fully saturated rings. The molecule has 12 heavy (non-hydrogen) atoms. The fraction of sp³-hybridized carbons (Fsp3) is 0.286. The second-order valence-corrected chi connectivity index (χ2v) is 3.45. The smallest absolute Gasteiger partial charge is 0.263 e. The van der Waals surface area contributed by atoms with Crippen LogP contribution in [-0.2, 0) is 6.18 Å². The average molecular weight is 287 g/mol. The largest absolute Gasteiger partial charge is 0.418 e. The number of hydrogen-bond acceptors (Lipinski definition) is 1. The number of pyridine rings is 1. The van der Waals surface area contributed by atoms with Gasteiger partial charge in [0.2, 0.25) is 0 Å². The molecule has 0 saturated carbocycles. The van der Waals surface area contributed by atoms with Crippen molar-refractivity contribution in [2.45, 2.75) is 13.1 Å². The van der Waals surface area contributed by atoms with Gasteiger partial charge in [-0.15, -0.1) is 0 Å². The van der Waals surface area contributed by atoms with E-state index in [9.17, 15) is 13.2 Å². The Labute approximate surface area is 81.1 Å². The summed E-state index contributed by atoms with van der Waals surface area (Å²) in [5.74, 6) is 0. The molecule has 1 rings (SSSR count). The van der Waals surface area contributed by atoms with Crippen molar-refractivity contribution in [1.82, 2.24) is 4.98 Å². The lowest BCUT2D eigenvalue weighted by molar-refractivity contribution is -0.138. The van der Waals surface area contributed by atoms with Gasteiger partial charge in [-0.1, -0.05) is 0 Å². The highest BCUT2D eigenvalue weighted by Crippen LogP contribution is 2.32. The molecule has 0 atom stereocenters. The van der Waals surface area contributed by atoms with Gasteiger partial charge in [-0.25, -0.2) is 0 Å². The van der Waals surface area contributed by atoms with Gasteiger partial charge in [-0.05, 0) is 35.1 Å². The molecule has 0 radical (unpaired) electrons. The third-order valence-electron chi connectivity index (χ3n) is 1.46. The van der Waals surface area contributed by atoms with Gasteiger partial charge in [0.05, 0.1) is 5.56 Å². The number of halogens is 4. The Morgan fingerprint density at radius 1 is 1.33 bits per heavy atom. The van der Waals surface area contributed by atoms with Gasteiger partial charge < -0.3 is 0 Å². The Morgan fingerprint density at radius 2 is 1.92 bits per heavy atom. The zero-order valence-electron chi connectivity index (χ0n) is 6.11. The fourth-order valence-electron chi connectivity index (χ4n) is 0.785. The normalized spacial score (nSPS) is 11.8. The minimum absolute atomic E-state index is 0.234. The molecule has 0 unspecified atom stereocenters. The zero-order chi connectivity index (χ0) is 9.35. The van der Waals surface area contributed by atoms with Gasteiger partial charge in [0.25, 0.3) is 0 Å². The highest BCUT2D eigenvalue weighted by molar-refractivity contribution is 14.1. The molecule has 1 aromatic rings. The van der Waals surface area contributed by atoms with Crippen LogP contribution in [0.1, 0.15) is 11.1 Å². The van der Waals surface area contributed by atoms with Crippen molar-refractivity contribution < 1.29 is 13.2 Å². The first-order chi connectivity index (χ1) is 5.43. The van der Waals surface area contributed by atoms with Gasteiger partial charge in [-0.2, -0.15) is 13.2 Å². The van der Waals surface area contributed by atoms with Crippen molar-refractivity contribution in [3.05, 3.63) is 27.1 Å². The van der Waals surface area contributed by atoms with E-state index in [0.717, 1.165) is 6.20 Å². The molecule has 1 nitrogen and oxygen atoms in total. The summed E-state index contributed by atoms with van der Waals surface area (Å²) in [7, 11) is 0. The standard InChI is InChI=1S/C7H5F3IN/c1-4-5(7(8,9)10)2-12-3-6(4)11/h2-3H,1H3. The number of hydrogen-bond donors (Lipinski definition) is 0. The van der Waals surface area contributed by atoms with Crippen LogP contribution in [0.25, 0.3) is 0 Å². The molecule has 0 N–H and O–H groups in total. The molecule has 0 aromatic carbocycles. The molecular weight excluding hydrogens is 282 g/mol. The average Bonchev–Trinajstić information content (AvgIpc) is 1.92. The van der Waals surface area contributed by atoms with Crippen LogP contribution in [0.2, 0.25) is 0 Å². The van der Waals surface area contributed by atoms with Gasteiger partial charge in [0.1, 0.15) is 0 Å². The van der Waals surface area contributed by atoms with Gasteiger partial charge >= 0.3 is 6.18 Å². The molecule has 0 aliphatic carbocycles. The summed E-state index contributed by atoms with van der Waals surface area (Å²) in [5.41, 5.74) is -0.424. The van der Waals surface area contributed by atoms with Crippen LogP contribution in [-0.4, -0.2) is 4.98 Å². The van der Waals surface area contributed by atoms with Crippen LogP contribution in [0.5, 0.6) is 0 Å². The van der Waals surface area contributed by atoms with Crippen molar-refractivity contribution in [2.75, 3.05) is 0 Å². The van der Waals surface area contributed by atoms with Crippen LogP contribution in [0, 0.1) is 10.5 Å². The maximum Gasteiger partial charge on any atom is 0.418 e. The molecule has 66 valence electrons. The van der Waals surface area contributed by atoms with Crippen molar-refractivity contribution in [3.8, 4) is 0 Å². The second-order valence-electron chi connectivity index (χ2n) is 2.29. The van der Waals surface area contributed by atoms with Crippen molar-refractivity contribution in [3.63, 3.8) is 0 Å². The monoisotopic (exact) mass is 287 g/mol. The van der Waals surface area contributed by atoms with Crippen LogP contribution in [0.15, 0.2) is 12.4 Å². The Kier molecular flexibility index (Phi) is 2.60. The minimum Gasteiger partial charge on any atom is -0.263 e. The van der Waals surface area contributed by atoms with Crippen LogP contribution >= 0.6 is 22.6 Å². The van der Waals surface area contributed by atoms with E-state index in [1.165, 1.54) is 13.1 Å². The summed E-state index contributed by atoms with van der Waals surface area (Å²) in [5, 5.41) is 0. The quantitative estimate of drug-likeness (QED) is 0.668. The Bertz CT molecular complexity index is 295. The van der Waals surface area contributed by atoms with Gasteiger partial charge in [0, 0.05) is 16.0 Å². The van der Waals surface area contributed by atoms with E-state index >= 15 is 0 Å². The lowest BCUT2D eigenvalue weighted by Gasteiger charge is -2.09. The van der Waals surface area contributed by atoms with E-state index in [0.29, 0.717) is 3.57 Å². The van der Waals surface area contributed by atoms with Crippen LogP contribution in [0.4, 0.5) is 13.2 Å². The number of aromatic nitrogens is 1. The maximum absolute atomic E-state index is 12.2. The Morgan fingerprint density at radius 3 is 2.33 bits per heavy atom. The summed E-state index contributed by atoms with van der Waals surface area (Å²) in [6.45, 7) is 1.44. The summed E-state index contributed by atoms with van der Waals surface area (Å²) in [6, 6.07) is 0. The summed E-state index contributed by atoms with van der Waals surface area (Å²) in [4.78, 5) is 3.48. The lowest BCUT2D eigenvalue weighted by atomic mass is 10.1. The number of nitrogens with zero attached hydrogens (tertiary/aromatic N) is 1. The molecule has 0 aliphatic rings. The minimum atomic E-state index is -4.29. The van der Waals surface area contributed by atoms with E-state index in [1.54, 1.807) is 0 Å². The summed E-state index contributed by atoms with van der Waals surface area (Å²) < 4.78 is 37.1. The van der Waals surface area contributed by atoms with Gasteiger partial charge in [0.15, 0.2) is 0 Å². The first kappa shape index (κ1) is 9.76. The molecule has 5 heteroatoms. The van der Waals surface area contributed by atoms with Crippen molar-refractivity contribution in [2.24, 2.45) is 0 Å². The predicted molar refractivity (Wildman–Crippen MR) is 46.7 cm³/mol. The molecule has 0 bridgehead atoms. The zero-order valence-corrected chi connectivity index (χ0v) is 8.27. The third-order valence-corrected chi connectivity index (χ3v) is 2.55. The van der Waals surface area contributed by atoms with Crippen molar-refractivity contribution >= 4 is 22.6 Å². The SMILES string of the molecule is Cc1c(I)cncc1C(F)(F)F. The van der Waals surface area contributed by atoms with Crippen molar-refractivity contribution in [1.29, 1.82) is 0 Å². The third kappa shape index (κ3) is 1.88. The molecule has 1 heterocycles. The van der Waals surface area contributed by atoms with Crippen LogP contribution in [0.3, 0.4) is 0 Å². The first-order valence-corrected chi connectivity index (χ1v) is 4.18.